The van der Waals surface area contributed by atoms with Crippen molar-refractivity contribution in [2.24, 2.45) is 5.92 Å². The molecule has 3 N–H and O–H groups in total. The first-order valence-corrected chi connectivity index (χ1v) is 11.4. The quantitative estimate of drug-likeness (QED) is 0.456. The van der Waals surface area contributed by atoms with Gasteiger partial charge in [0.2, 0.25) is 5.91 Å². The van der Waals surface area contributed by atoms with Crippen molar-refractivity contribution < 1.29 is 24.2 Å². The molecule has 8 heteroatoms. The minimum Gasteiger partial charge on any atom is -0.478 e. The fourth-order valence-electron chi connectivity index (χ4n) is 4.30. The first-order chi connectivity index (χ1) is 16.8. The van der Waals surface area contributed by atoms with Crippen LogP contribution in [-0.4, -0.2) is 40.7 Å². The van der Waals surface area contributed by atoms with Gasteiger partial charge in [0.15, 0.2) is 0 Å². The predicted octanol–water partition coefficient (Wildman–Crippen LogP) is 3.96. The van der Waals surface area contributed by atoms with E-state index in [4.69, 9.17) is 9.84 Å². The lowest BCUT2D eigenvalue weighted by Crippen LogP contribution is -2.49. The van der Waals surface area contributed by atoms with Crippen LogP contribution in [0.4, 0.5) is 4.79 Å². The van der Waals surface area contributed by atoms with Crippen LogP contribution < -0.4 is 10.6 Å². The summed E-state index contributed by atoms with van der Waals surface area (Å²) in [6, 6.07) is 18.1. The minimum absolute atomic E-state index is 0.0372. The van der Waals surface area contributed by atoms with Crippen LogP contribution in [0.2, 0.25) is 0 Å². The number of carbonyl (C=O) groups excluding carboxylic acids is 2. The van der Waals surface area contributed by atoms with E-state index in [0.717, 1.165) is 22.3 Å². The Hall–Kier alpha value is -4.20. The summed E-state index contributed by atoms with van der Waals surface area (Å²) in [6.07, 6.45) is 0.700. The number of ether oxygens (including phenoxy) is 1. The molecule has 0 saturated carbocycles. The third kappa shape index (κ3) is 5.32. The Balaban J connectivity index is 1.37. The van der Waals surface area contributed by atoms with Crippen molar-refractivity contribution in [2.75, 3.05) is 6.61 Å². The molecule has 0 unspecified atom stereocenters. The Labute approximate surface area is 203 Å². The fraction of sp³-hybridized carbons (Fsp3) is 0.259. The van der Waals surface area contributed by atoms with Crippen molar-refractivity contribution in [1.82, 2.24) is 15.6 Å². The summed E-state index contributed by atoms with van der Waals surface area (Å²) >= 11 is 0. The summed E-state index contributed by atoms with van der Waals surface area (Å²) < 4.78 is 5.57. The number of carboxylic acids is 1. The number of carboxylic acid groups (broad SMARTS) is 1. The number of carbonyl (C=O) groups is 3. The summed E-state index contributed by atoms with van der Waals surface area (Å²) in [5.41, 5.74) is 4.98. The minimum atomic E-state index is -1.07. The first-order valence-electron chi connectivity index (χ1n) is 11.4. The summed E-state index contributed by atoms with van der Waals surface area (Å²) in [6.45, 7) is 3.82. The Kier molecular flexibility index (Phi) is 7.10. The highest BCUT2D eigenvalue weighted by molar-refractivity contribution is 5.88. The number of nitrogens with zero attached hydrogens (tertiary/aromatic N) is 1. The number of aromatic carboxylic acids is 1. The van der Waals surface area contributed by atoms with E-state index in [2.05, 4.69) is 27.8 Å². The number of aromatic nitrogens is 1. The molecule has 35 heavy (non-hydrogen) atoms. The molecule has 0 radical (unpaired) electrons. The molecule has 1 aliphatic rings. The van der Waals surface area contributed by atoms with Gasteiger partial charge in [-0.05, 0) is 40.3 Å². The van der Waals surface area contributed by atoms with Crippen molar-refractivity contribution in [3.63, 3.8) is 0 Å². The molecule has 0 fully saturated rings. The van der Waals surface area contributed by atoms with Crippen LogP contribution in [0.3, 0.4) is 0 Å². The Morgan fingerprint density at radius 3 is 2.23 bits per heavy atom. The van der Waals surface area contributed by atoms with Gasteiger partial charge in [0.25, 0.3) is 0 Å². The maximum absolute atomic E-state index is 12.8. The summed E-state index contributed by atoms with van der Waals surface area (Å²) in [5, 5.41) is 14.5. The van der Waals surface area contributed by atoms with Crippen LogP contribution in [0.15, 0.2) is 66.9 Å². The van der Waals surface area contributed by atoms with Gasteiger partial charge >= 0.3 is 12.1 Å². The van der Waals surface area contributed by atoms with E-state index < -0.39 is 24.0 Å². The number of benzene rings is 2. The number of pyridine rings is 1. The van der Waals surface area contributed by atoms with Crippen LogP contribution in [0.1, 0.15) is 46.9 Å². The van der Waals surface area contributed by atoms with Gasteiger partial charge < -0.3 is 20.5 Å². The summed E-state index contributed by atoms with van der Waals surface area (Å²) in [4.78, 5) is 40.6. The molecule has 1 atom stereocenters. The van der Waals surface area contributed by atoms with E-state index in [1.165, 1.54) is 18.3 Å². The molecule has 0 aliphatic heterocycles. The molecule has 3 aromatic rings. The Morgan fingerprint density at radius 2 is 1.63 bits per heavy atom. The molecule has 0 bridgehead atoms. The van der Waals surface area contributed by atoms with Crippen molar-refractivity contribution >= 4 is 18.0 Å². The lowest BCUT2D eigenvalue weighted by Gasteiger charge is -2.22. The van der Waals surface area contributed by atoms with Crippen LogP contribution in [0.25, 0.3) is 11.1 Å². The molecule has 0 saturated heterocycles. The molecular formula is C27H27N3O5. The molecule has 0 spiro atoms. The molecule has 1 heterocycles. The van der Waals surface area contributed by atoms with Crippen molar-refractivity contribution in [3.8, 4) is 11.1 Å². The van der Waals surface area contributed by atoms with Crippen molar-refractivity contribution in [1.29, 1.82) is 0 Å². The van der Waals surface area contributed by atoms with Crippen molar-refractivity contribution in [2.45, 2.75) is 32.4 Å². The average Bonchev–Trinajstić information content (AvgIpc) is 3.18. The van der Waals surface area contributed by atoms with Crippen LogP contribution in [0.5, 0.6) is 0 Å². The molecular weight excluding hydrogens is 446 g/mol. The molecule has 1 aromatic heterocycles. The van der Waals surface area contributed by atoms with E-state index in [1.807, 2.05) is 50.2 Å². The van der Waals surface area contributed by atoms with Gasteiger partial charge in [-0.25, -0.2) is 9.59 Å². The maximum Gasteiger partial charge on any atom is 0.407 e. The highest BCUT2D eigenvalue weighted by atomic mass is 16.5. The summed E-state index contributed by atoms with van der Waals surface area (Å²) in [7, 11) is 0. The molecule has 2 aromatic carbocycles. The molecule has 2 amide bonds. The van der Waals surface area contributed by atoms with Gasteiger partial charge in [-0.3, -0.25) is 9.78 Å². The Bertz CT molecular complexity index is 1210. The smallest absolute Gasteiger partial charge is 0.407 e. The molecule has 1 aliphatic carbocycles. The van der Waals surface area contributed by atoms with Gasteiger partial charge in [-0.1, -0.05) is 62.4 Å². The van der Waals surface area contributed by atoms with E-state index in [0.29, 0.717) is 5.69 Å². The standard InChI is InChI=1S/C27H27N3O5/c1-16(2)24(25(31)29-14-18-13-17(26(32)33)11-12-28-18)30-27(34)35-15-23-21-9-5-3-7-19(21)20-8-4-6-10-22(20)23/h3-13,16,23-24H,14-15H2,1-2H3,(H,29,31)(H,30,34)(H,32,33)/t24-/m1/s1. The lowest BCUT2D eigenvalue weighted by atomic mass is 9.98. The molecule has 8 nitrogen and oxygen atoms in total. The number of rotatable bonds is 8. The monoisotopic (exact) mass is 473 g/mol. The molecule has 4 rings (SSSR count). The van der Waals surface area contributed by atoms with E-state index in [9.17, 15) is 14.4 Å². The highest BCUT2D eigenvalue weighted by Crippen LogP contribution is 2.44. The first kappa shape index (κ1) is 23.9. The van der Waals surface area contributed by atoms with E-state index in [1.54, 1.807) is 0 Å². The topological polar surface area (TPSA) is 118 Å². The zero-order valence-corrected chi connectivity index (χ0v) is 19.5. The second-order valence-corrected chi connectivity index (χ2v) is 8.75. The SMILES string of the molecule is CC(C)[C@@H](NC(=O)OCC1c2ccccc2-c2ccccc21)C(=O)NCc1cc(C(=O)O)ccn1. The van der Waals surface area contributed by atoms with Crippen LogP contribution in [0, 0.1) is 5.92 Å². The normalized spacial score (nSPS) is 13.0. The van der Waals surface area contributed by atoms with Gasteiger partial charge in [0.05, 0.1) is 17.8 Å². The Morgan fingerprint density at radius 1 is 1.00 bits per heavy atom. The fourth-order valence-corrected chi connectivity index (χ4v) is 4.30. The summed E-state index contributed by atoms with van der Waals surface area (Å²) in [5.74, 6) is -1.76. The maximum atomic E-state index is 12.8. The van der Waals surface area contributed by atoms with E-state index in [-0.39, 0.29) is 30.6 Å². The number of alkyl carbamates (subject to hydrolysis) is 1. The average molecular weight is 474 g/mol. The number of amides is 2. The number of nitrogens with one attached hydrogen (secondary N) is 2. The zero-order chi connectivity index (χ0) is 24.9. The molecule has 180 valence electrons. The van der Waals surface area contributed by atoms with Crippen LogP contribution in [-0.2, 0) is 16.1 Å². The highest BCUT2D eigenvalue weighted by Gasteiger charge is 2.30. The largest absolute Gasteiger partial charge is 0.478 e. The van der Waals surface area contributed by atoms with Gasteiger partial charge in [-0.2, -0.15) is 0 Å². The number of hydrogen-bond donors (Lipinski definition) is 3. The third-order valence-electron chi connectivity index (χ3n) is 6.07. The van der Waals surface area contributed by atoms with E-state index >= 15 is 0 Å². The number of hydrogen-bond acceptors (Lipinski definition) is 5. The lowest BCUT2D eigenvalue weighted by molar-refractivity contribution is -0.124. The van der Waals surface area contributed by atoms with Gasteiger partial charge in [0.1, 0.15) is 12.6 Å². The van der Waals surface area contributed by atoms with Gasteiger partial charge in [-0.15, -0.1) is 0 Å². The van der Waals surface area contributed by atoms with Gasteiger partial charge in [0, 0.05) is 12.1 Å². The number of fused-ring (bicyclic) bond motifs is 3. The predicted molar refractivity (Wildman–Crippen MR) is 130 cm³/mol. The third-order valence-corrected chi connectivity index (χ3v) is 6.07. The zero-order valence-electron chi connectivity index (χ0n) is 19.5. The van der Waals surface area contributed by atoms with Crippen molar-refractivity contribution in [3.05, 3.63) is 89.2 Å². The second kappa shape index (κ2) is 10.4. The second-order valence-electron chi connectivity index (χ2n) is 8.75. The van der Waals surface area contributed by atoms with Crippen LogP contribution >= 0.6 is 0 Å².